The molecule has 1 nitrogen and oxygen atoms in total. The first kappa shape index (κ1) is 41.6. The van der Waals surface area contributed by atoms with Gasteiger partial charge in [0, 0.05) is 21.8 Å². The van der Waals surface area contributed by atoms with E-state index in [1.54, 1.807) is 0 Å². The van der Waals surface area contributed by atoms with Crippen LogP contribution < -0.4 is 20.6 Å². The number of thiophene rings is 1. The summed E-state index contributed by atoms with van der Waals surface area (Å²) in [7, 11) is 0. The summed E-state index contributed by atoms with van der Waals surface area (Å²) in [6.07, 6.45) is 5.71. The molecule has 0 N–H and O–H groups in total. The number of aryl methyl sites for hydroxylation is 1. The van der Waals surface area contributed by atoms with Gasteiger partial charge in [-0.1, -0.05) is 154 Å². The molecule has 64 heavy (non-hydrogen) atoms. The van der Waals surface area contributed by atoms with Gasteiger partial charge in [0.25, 0.3) is 6.71 Å². The zero-order chi connectivity index (χ0) is 44.7. The minimum absolute atomic E-state index is 0.0373. The molecule has 0 amide bonds. The lowest BCUT2D eigenvalue weighted by Gasteiger charge is -2.47. The molecule has 8 aromatic rings. The lowest BCUT2D eigenvalue weighted by atomic mass is 9.37. The molecule has 3 heteroatoms. The molecule has 0 saturated heterocycles. The molecule has 0 bridgehead atoms. The van der Waals surface area contributed by atoms with Crippen molar-refractivity contribution in [3.8, 4) is 0 Å². The summed E-state index contributed by atoms with van der Waals surface area (Å²) in [5.74, 6) is 0. The van der Waals surface area contributed by atoms with Gasteiger partial charge >= 0.3 is 0 Å². The van der Waals surface area contributed by atoms with Crippen molar-refractivity contribution in [2.24, 2.45) is 0 Å². The Morgan fingerprint density at radius 2 is 1.22 bits per heavy atom. The number of hydrogen-bond donors (Lipinski definition) is 0. The maximum Gasteiger partial charge on any atom is 0.259 e. The SMILES string of the molecule is Cc1ccc2c(c1)N(c1ccc3c(c1)C(C)(C)CCC3(C)C)c1cc3c(cc1B2c1cc2cc(C(C)(C)C)ccc2s1)C(C)(C)CCC3(C)Cc1ccc2ccc3ccccc3c2c1. The van der Waals surface area contributed by atoms with Crippen LogP contribution in [-0.2, 0) is 33.5 Å². The molecule has 0 saturated carbocycles. The maximum absolute atomic E-state index is 2.70. The summed E-state index contributed by atoms with van der Waals surface area (Å²) in [4.78, 5) is 2.68. The molecule has 0 spiro atoms. The number of anilines is 3. The van der Waals surface area contributed by atoms with Gasteiger partial charge in [0.15, 0.2) is 0 Å². The quantitative estimate of drug-likeness (QED) is 0.126. The van der Waals surface area contributed by atoms with Gasteiger partial charge < -0.3 is 4.90 Å². The molecule has 1 aliphatic heterocycles. The van der Waals surface area contributed by atoms with Crippen LogP contribution in [0.4, 0.5) is 17.1 Å². The Morgan fingerprint density at radius 1 is 0.547 bits per heavy atom. The van der Waals surface area contributed by atoms with Crippen molar-refractivity contribution in [1.29, 1.82) is 0 Å². The molecule has 2 aliphatic carbocycles. The highest BCUT2D eigenvalue weighted by atomic mass is 32.1. The molecule has 1 aromatic heterocycles. The van der Waals surface area contributed by atoms with Crippen molar-refractivity contribution in [3.05, 3.63) is 166 Å². The van der Waals surface area contributed by atoms with E-state index in [1.807, 2.05) is 11.3 Å². The molecule has 11 rings (SSSR count). The van der Waals surface area contributed by atoms with E-state index in [9.17, 15) is 0 Å². The Hall–Kier alpha value is -5.12. The van der Waals surface area contributed by atoms with E-state index >= 15 is 0 Å². The summed E-state index contributed by atoms with van der Waals surface area (Å²) in [6.45, 7) is 26.8. The lowest BCUT2D eigenvalue weighted by molar-refractivity contribution is 0.310. The van der Waals surface area contributed by atoms with Crippen molar-refractivity contribution in [2.75, 3.05) is 4.90 Å². The van der Waals surface area contributed by atoms with Gasteiger partial charge in [-0.05, 0) is 190 Å². The van der Waals surface area contributed by atoms with Crippen molar-refractivity contribution < 1.29 is 0 Å². The lowest BCUT2D eigenvalue weighted by Crippen LogP contribution is -2.57. The number of rotatable bonds is 4. The van der Waals surface area contributed by atoms with Gasteiger partial charge in [0.1, 0.15) is 0 Å². The molecule has 1 atom stereocenters. The minimum atomic E-state index is -0.0466. The van der Waals surface area contributed by atoms with Crippen molar-refractivity contribution >= 4 is 82.4 Å². The van der Waals surface area contributed by atoms with Crippen molar-refractivity contribution in [3.63, 3.8) is 0 Å². The Morgan fingerprint density at radius 3 is 1.98 bits per heavy atom. The van der Waals surface area contributed by atoms with Crippen molar-refractivity contribution in [1.82, 2.24) is 0 Å². The summed E-state index contributed by atoms with van der Waals surface area (Å²) in [5, 5.41) is 6.68. The number of hydrogen-bond acceptors (Lipinski definition) is 2. The van der Waals surface area contributed by atoms with Crippen LogP contribution in [0.3, 0.4) is 0 Å². The van der Waals surface area contributed by atoms with Gasteiger partial charge in [-0.3, -0.25) is 0 Å². The van der Waals surface area contributed by atoms with Crippen LogP contribution in [0.15, 0.2) is 127 Å². The Labute approximate surface area is 387 Å². The molecule has 7 aromatic carbocycles. The van der Waals surface area contributed by atoms with E-state index in [-0.39, 0.29) is 33.8 Å². The fraction of sp³-hybridized carbons (Fsp3) is 0.344. The highest BCUT2D eigenvalue weighted by molar-refractivity contribution is 7.32. The van der Waals surface area contributed by atoms with Crippen LogP contribution in [0.25, 0.3) is 31.6 Å². The highest BCUT2D eigenvalue weighted by Crippen LogP contribution is 2.52. The second-order valence-corrected chi connectivity index (χ2v) is 24.5. The zero-order valence-electron chi connectivity index (χ0n) is 40.1. The summed E-state index contributed by atoms with van der Waals surface area (Å²) >= 11 is 1.99. The van der Waals surface area contributed by atoms with Crippen LogP contribution in [-0.4, -0.2) is 6.71 Å². The van der Waals surface area contributed by atoms with Gasteiger partial charge in [-0.25, -0.2) is 0 Å². The average molecular weight is 854 g/mol. The standard InChI is InChI=1S/C61H64BNS/c1-38-16-24-51-53(30-38)63(44-22-23-47-48(34-44)59(7,8)27-26-58(47,5)6)54-36-50-49(35-52(54)62(51)56-33-42-32-43(57(2,3)4)21-25-55(42)64-56)60(9,10)28-29-61(50,11)37-39-17-18-41-20-19-40-14-12-13-15-45(40)46(41)31-39/h12-25,30-36H,26-29,37H2,1-11H3. The minimum Gasteiger partial charge on any atom is -0.311 e. The Balaban J connectivity index is 1.15. The first-order valence-electron chi connectivity index (χ1n) is 24.0. The van der Waals surface area contributed by atoms with Crippen LogP contribution in [0.2, 0.25) is 0 Å². The van der Waals surface area contributed by atoms with E-state index in [4.69, 9.17) is 0 Å². The van der Waals surface area contributed by atoms with Crippen LogP contribution >= 0.6 is 11.3 Å². The second-order valence-electron chi connectivity index (χ2n) is 23.4. The van der Waals surface area contributed by atoms with Crippen molar-refractivity contribution in [2.45, 2.75) is 135 Å². The first-order valence-corrected chi connectivity index (χ1v) is 24.8. The van der Waals surface area contributed by atoms with Crippen LogP contribution in [0, 0.1) is 6.92 Å². The van der Waals surface area contributed by atoms with Gasteiger partial charge in [-0.15, -0.1) is 11.3 Å². The summed E-state index contributed by atoms with van der Waals surface area (Å²) in [5.41, 5.74) is 17.3. The summed E-state index contributed by atoms with van der Waals surface area (Å²) < 4.78 is 2.80. The second kappa shape index (κ2) is 14.2. The van der Waals surface area contributed by atoms with E-state index in [1.165, 1.54) is 116 Å². The summed E-state index contributed by atoms with van der Waals surface area (Å²) in [6, 6.07) is 50.6. The molecule has 0 fully saturated rings. The topological polar surface area (TPSA) is 3.24 Å². The third-order valence-corrected chi connectivity index (χ3v) is 17.5. The van der Waals surface area contributed by atoms with Crippen LogP contribution in [0.5, 0.6) is 0 Å². The van der Waals surface area contributed by atoms with Gasteiger partial charge in [0.2, 0.25) is 0 Å². The molecular formula is C61H64BNS. The monoisotopic (exact) mass is 853 g/mol. The van der Waals surface area contributed by atoms with E-state index in [0.717, 1.165) is 19.3 Å². The first-order chi connectivity index (χ1) is 30.3. The molecule has 3 aliphatic rings. The highest BCUT2D eigenvalue weighted by Gasteiger charge is 2.45. The maximum atomic E-state index is 2.70. The third-order valence-electron chi connectivity index (χ3n) is 16.3. The largest absolute Gasteiger partial charge is 0.311 e. The normalized spacial score (nSPS) is 19.7. The van der Waals surface area contributed by atoms with E-state index in [0.29, 0.717) is 0 Å². The van der Waals surface area contributed by atoms with Gasteiger partial charge in [0.05, 0.1) is 0 Å². The Bertz CT molecular complexity index is 3210. The smallest absolute Gasteiger partial charge is 0.259 e. The predicted octanol–water partition coefficient (Wildman–Crippen LogP) is 15.0. The molecule has 2 heterocycles. The van der Waals surface area contributed by atoms with Crippen LogP contribution in [0.1, 0.15) is 134 Å². The van der Waals surface area contributed by atoms with E-state index < -0.39 is 0 Å². The number of benzene rings is 7. The third kappa shape index (κ3) is 6.61. The van der Waals surface area contributed by atoms with E-state index in [2.05, 4.69) is 208 Å². The molecular weight excluding hydrogens is 790 g/mol. The average Bonchev–Trinajstić information content (AvgIpc) is 3.68. The molecule has 322 valence electrons. The molecule has 0 radical (unpaired) electrons. The zero-order valence-corrected chi connectivity index (χ0v) is 40.9. The molecule has 1 unspecified atom stereocenters. The fourth-order valence-electron chi connectivity index (χ4n) is 12.1. The number of nitrogens with zero attached hydrogens (tertiary/aromatic N) is 1. The Kier molecular flexibility index (Phi) is 9.22. The number of fused-ring (bicyclic) bond motifs is 8. The van der Waals surface area contributed by atoms with Gasteiger partial charge in [-0.2, -0.15) is 0 Å². The fourth-order valence-corrected chi connectivity index (χ4v) is 13.3. The predicted molar refractivity (Wildman–Crippen MR) is 281 cm³/mol.